The highest BCUT2D eigenvalue weighted by molar-refractivity contribution is 5.76. The van der Waals surface area contributed by atoms with Gasteiger partial charge in [-0.2, -0.15) is 5.26 Å². The summed E-state index contributed by atoms with van der Waals surface area (Å²) in [6.45, 7) is 3.80. The second-order valence-electron chi connectivity index (χ2n) is 7.95. The average Bonchev–Trinajstić information content (AvgIpc) is 2.85. The second kappa shape index (κ2) is 11.7. The molecule has 0 radical (unpaired) electrons. The highest BCUT2D eigenvalue weighted by Gasteiger charge is 2.26. The number of carbonyl (C=O) groups is 1. The van der Waals surface area contributed by atoms with Crippen molar-refractivity contribution in [3.05, 3.63) is 95.8 Å². The molecular weight excluding hydrogens is 433 g/mol. The number of nitriles is 1. The molecule has 34 heavy (non-hydrogen) atoms. The van der Waals surface area contributed by atoms with Gasteiger partial charge in [0.25, 0.3) is 0 Å². The summed E-state index contributed by atoms with van der Waals surface area (Å²) in [6.07, 6.45) is 2.38. The minimum atomic E-state index is -1.21. The predicted octanol–water partition coefficient (Wildman–Crippen LogP) is 6.72. The van der Waals surface area contributed by atoms with Crippen LogP contribution >= 0.6 is 0 Å². The van der Waals surface area contributed by atoms with Gasteiger partial charge in [0.05, 0.1) is 13.0 Å². The largest absolute Gasteiger partial charge is 0.497 e. The molecule has 3 rings (SSSR count). The quantitative estimate of drug-likeness (QED) is 0.332. The molecule has 2 atom stereocenters. The SMILES string of the molecule is COc1ccc(/C=C/C(C(=O)OC(C#N)c2ccc(F)c(Oc3ccccc3)c2)C(C)C)cc1. The third-order valence-corrected chi connectivity index (χ3v) is 5.18. The van der Waals surface area contributed by atoms with E-state index in [2.05, 4.69) is 0 Å². The van der Waals surface area contributed by atoms with Crippen LogP contribution in [0, 0.1) is 29.0 Å². The van der Waals surface area contributed by atoms with Gasteiger partial charge in [0.2, 0.25) is 6.10 Å². The van der Waals surface area contributed by atoms with Crippen LogP contribution in [0.25, 0.3) is 6.08 Å². The van der Waals surface area contributed by atoms with Gasteiger partial charge < -0.3 is 14.2 Å². The molecule has 174 valence electrons. The Hall–Kier alpha value is -4.11. The number of hydrogen-bond donors (Lipinski definition) is 0. The molecule has 0 heterocycles. The Bertz CT molecular complexity index is 1170. The van der Waals surface area contributed by atoms with E-state index in [1.807, 2.05) is 56.3 Å². The van der Waals surface area contributed by atoms with E-state index >= 15 is 0 Å². The van der Waals surface area contributed by atoms with E-state index in [1.54, 1.807) is 37.5 Å². The Morgan fingerprint density at radius 3 is 2.32 bits per heavy atom. The topological polar surface area (TPSA) is 68.5 Å². The lowest BCUT2D eigenvalue weighted by atomic mass is 9.94. The van der Waals surface area contributed by atoms with Crippen LogP contribution in [-0.4, -0.2) is 13.1 Å². The molecule has 6 heteroatoms. The molecule has 0 aliphatic rings. The number of para-hydroxylation sites is 1. The lowest BCUT2D eigenvalue weighted by Crippen LogP contribution is -2.22. The van der Waals surface area contributed by atoms with Gasteiger partial charge in [-0.15, -0.1) is 0 Å². The van der Waals surface area contributed by atoms with Crippen LogP contribution in [0.4, 0.5) is 4.39 Å². The van der Waals surface area contributed by atoms with Crippen molar-refractivity contribution in [3.8, 4) is 23.3 Å². The van der Waals surface area contributed by atoms with Crippen molar-refractivity contribution in [2.24, 2.45) is 11.8 Å². The van der Waals surface area contributed by atoms with Gasteiger partial charge in [0.15, 0.2) is 11.6 Å². The van der Waals surface area contributed by atoms with Crippen LogP contribution in [0.15, 0.2) is 78.9 Å². The lowest BCUT2D eigenvalue weighted by Gasteiger charge is -2.19. The molecule has 5 nitrogen and oxygen atoms in total. The Morgan fingerprint density at radius 2 is 1.71 bits per heavy atom. The third kappa shape index (κ3) is 6.46. The Balaban J connectivity index is 1.76. The molecule has 0 fully saturated rings. The molecule has 3 aromatic rings. The molecule has 0 spiro atoms. The van der Waals surface area contributed by atoms with Crippen molar-refractivity contribution in [1.82, 2.24) is 0 Å². The maximum absolute atomic E-state index is 14.3. The molecule has 0 amide bonds. The molecule has 0 saturated heterocycles. The number of rotatable bonds is 9. The molecule has 0 aliphatic heterocycles. The normalized spacial score (nSPS) is 12.7. The fourth-order valence-electron chi connectivity index (χ4n) is 3.24. The zero-order valence-corrected chi connectivity index (χ0v) is 19.3. The molecule has 0 bridgehead atoms. The first kappa shape index (κ1) is 24.5. The fourth-order valence-corrected chi connectivity index (χ4v) is 3.24. The number of halogens is 1. The Morgan fingerprint density at radius 1 is 1.00 bits per heavy atom. The molecule has 0 N–H and O–H groups in total. The van der Waals surface area contributed by atoms with Crippen molar-refractivity contribution in [3.63, 3.8) is 0 Å². The van der Waals surface area contributed by atoms with Gasteiger partial charge in [-0.25, -0.2) is 4.39 Å². The first-order chi connectivity index (χ1) is 16.4. The van der Waals surface area contributed by atoms with Crippen molar-refractivity contribution in [2.45, 2.75) is 20.0 Å². The highest BCUT2D eigenvalue weighted by atomic mass is 19.1. The van der Waals surface area contributed by atoms with Gasteiger partial charge in [0.1, 0.15) is 17.6 Å². The van der Waals surface area contributed by atoms with Crippen LogP contribution in [0.5, 0.6) is 17.2 Å². The summed E-state index contributed by atoms with van der Waals surface area (Å²) in [5, 5.41) is 9.66. The van der Waals surface area contributed by atoms with Gasteiger partial charge in [0, 0.05) is 5.56 Å². The van der Waals surface area contributed by atoms with E-state index in [1.165, 1.54) is 18.2 Å². The van der Waals surface area contributed by atoms with E-state index in [0.29, 0.717) is 11.3 Å². The first-order valence-electron chi connectivity index (χ1n) is 10.9. The minimum Gasteiger partial charge on any atom is -0.497 e. The first-order valence-corrected chi connectivity index (χ1v) is 10.9. The smallest absolute Gasteiger partial charge is 0.314 e. The maximum atomic E-state index is 14.3. The predicted molar refractivity (Wildman–Crippen MR) is 128 cm³/mol. The number of hydrogen-bond acceptors (Lipinski definition) is 5. The van der Waals surface area contributed by atoms with Gasteiger partial charge in [-0.3, -0.25) is 4.79 Å². The molecule has 3 aromatic carbocycles. The summed E-state index contributed by atoms with van der Waals surface area (Å²) < 4.78 is 30.6. The van der Waals surface area contributed by atoms with E-state index in [4.69, 9.17) is 14.2 Å². The monoisotopic (exact) mass is 459 g/mol. The standard InChI is InChI=1S/C28H26FNO4/c1-19(2)24(15-11-20-9-13-22(32-3)14-10-20)28(31)34-27(18-30)21-12-16-25(29)26(17-21)33-23-7-5-4-6-8-23/h4-17,19,24,27H,1-3H3/b15-11+. The van der Waals surface area contributed by atoms with Gasteiger partial charge >= 0.3 is 5.97 Å². The minimum absolute atomic E-state index is 0.0557. The van der Waals surface area contributed by atoms with Crippen LogP contribution in [0.3, 0.4) is 0 Å². The number of carbonyl (C=O) groups excluding carboxylic acids is 1. The summed E-state index contributed by atoms with van der Waals surface area (Å²) in [4.78, 5) is 12.9. The summed E-state index contributed by atoms with van der Waals surface area (Å²) in [7, 11) is 1.60. The van der Waals surface area contributed by atoms with E-state index in [9.17, 15) is 14.4 Å². The maximum Gasteiger partial charge on any atom is 0.314 e. The molecule has 0 saturated carbocycles. The zero-order valence-electron chi connectivity index (χ0n) is 19.3. The number of nitrogens with zero attached hydrogens (tertiary/aromatic N) is 1. The van der Waals surface area contributed by atoms with Crippen molar-refractivity contribution in [2.75, 3.05) is 7.11 Å². The lowest BCUT2D eigenvalue weighted by molar-refractivity contribution is -0.151. The Kier molecular flexibility index (Phi) is 8.42. The summed E-state index contributed by atoms with van der Waals surface area (Å²) in [6, 6.07) is 22.1. The van der Waals surface area contributed by atoms with E-state index in [-0.39, 0.29) is 11.7 Å². The van der Waals surface area contributed by atoms with E-state index < -0.39 is 23.8 Å². The molecule has 2 unspecified atom stereocenters. The number of ether oxygens (including phenoxy) is 3. The zero-order chi connectivity index (χ0) is 24.5. The van der Waals surface area contributed by atoms with Crippen LogP contribution in [0.1, 0.15) is 31.1 Å². The van der Waals surface area contributed by atoms with E-state index in [0.717, 1.165) is 11.3 Å². The van der Waals surface area contributed by atoms with Crippen molar-refractivity contribution < 1.29 is 23.4 Å². The van der Waals surface area contributed by atoms with Crippen molar-refractivity contribution in [1.29, 1.82) is 5.26 Å². The average molecular weight is 460 g/mol. The van der Waals surface area contributed by atoms with Gasteiger partial charge in [-0.1, -0.05) is 62.4 Å². The van der Waals surface area contributed by atoms with Gasteiger partial charge in [-0.05, 0) is 47.9 Å². The molecule has 0 aromatic heterocycles. The fraction of sp³-hybridized carbons (Fsp3) is 0.214. The second-order valence-corrected chi connectivity index (χ2v) is 7.95. The Labute approximate surface area is 199 Å². The van der Waals surface area contributed by atoms with Crippen molar-refractivity contribution >= 4 is 12.0 Å². The highest BCUT2D eigenvalue weighted by Crippen LogP contribution is 2.30. The molecule has 0 aliphatic carbocycles. The third-order valence-electron chi connectivity index (χ3n) is 5.18. The summed E-state index contributed by atoms with van der Waals surface area (Å²) in [5.41, 5.74) is 1.22. The summed E-state index contributed by atoms with van der Waals surface area (Å²) >= 11 is 0. The van der Waals surface area contributed by atoms with Crippen LogP contribution in [0.2, 0.25) is 0 Å². The number of esters is 1. The molecular formula is C28H26FNO4. The van der Waals surface area contributed by atoms with Crippen LogP contribution in [-0.2, 0) is 9.53 Å². The number of benzene rings is 3. The summed E-state index contributed by atoms with van der Waals surface area (Å²) in [5.74, 6) is -0.625. The number of methoxy groups -OCH3 is 1. The van der Waals surface area contributed by atoms with Crippen LogP contribution < -0.4 is 9.47 Å².